The quantitative estimate of drug-likeness (QED) is 0.0261. The minimum absolute atomic E-state index is 0.0265. The van der Waals surface area contributed by atoms with Gasteiger partial charge in [-0.25, -0.2) is 0 Å². The molecule has 0 saturated carbocycles. The molecule has 0 radical (unpaired) electrons. The smallest absolute Gasteiger partial charge is 0.306 e. The molecule has 0 saturated heterocycles. The van der Waals surface area contributed by atoms with Gasteiger partial charge in [0.05, 0.1) is 40.3 Å². The van der Waals surface area contributed by atoms with E-state index in [1.54, 1.807) is 21.1 Å². The van der Waals surface area contributed by atoms with Crippen molar-refractivity contribution in [3.63, 3.8) is 0 Å². The number of unbranched alkanes of at least 4 members (excludes halogenated alkanes) is 22. The largest absolute Gasteiger partial charge is 0.544 e. The molecular weight excluding hydrogens is 739 g/mol. The van der Waals surface area contributed by atoms with Crippen LogP contribution in [0, 0.1) is 0 Å². The Balaban J connectivity index is 4.32. The maximum atomic E-state index is 12.8. The van der Waals surface area contributed by atoms with Crippen LogP contribution in [0.3, 0.4) is 0 Å². The topological polar surface area (TPSA) is 102 Å². The number of quaternary nitrogens is 1. The fourth-order valence-electron chi connectivity index (χ4n) is 6.86. The van der Waals surface area contributed by atoms with E-state index in [0.717, 1.165) is 51.4 Å². The summed E-state index contributed by atoms with van der Waals surface area (Å²) in [7, 11) is 5.40. The van der Waals surface area contributed by atoms with Crippen molar-refractivity contribution < 1.29 is 38.2 Å². The summed E-state index contributed by atoms with van der Waals surface area (Å²) >= 11 is 0. The van der Waals surface area contributed by atoms with E-state index in [1.807, 2.05) is 48.6 Å². The van der Waals surface area contributed by atoms with Crippen LogP contribution in [-0.2, 0) is 28.6 Å². The molecule has 0 rings (SSSR count). The van der Waals surface area contributed by atoms with Gasteiger partial charge in [0, 0.05) is 19.3 Å². The van der Waals surface area contributed by atoms with Crippen molar-refractivity contribution >= 4 is 17.9 Å². The van der Waals surface area contributed by atoms with Crippen LogP contribution in [-0.4, -0.2) is 75.5 Å². The monoisotopic (exact) mass is 828 g/mol. The highest BCUT2D eigenvalue weighted by atomic mass is 16.6. The molecular formula is C51H89NO7. The third kappa shape index (κ3) is 40.2. The van der Waals surface area contributed by atoms with Gasteiger partial charge in [-0.05, 0) is 32.1 Å². The van der Waals surface area contributed by atoms with E-state index in [-0.39, 0.29) is 42.7 Å². The van der Waals surface area contributed by atoms with Crippen molar-refractivity contribution in [2.24, 2.45) is 0 Å². The molecule has 0 bridgehead atoms. The van der Waals surface area contributed by atoms with Crippen molar-refractivity contribution in [1.82, 2.24) is 0 Å². The number of likely N-dealkylation sites (N-methyl/N-ethyl adjacent to an activating group) is 1. The number of ether oxygens (including phenoxy) is 3. The third-order valence-electron chi connectivity index (χ3n) is 10.5. The number of carboxylic acid groups (broad SMARTS) is 1. The van der Waals surface area contributed by atoms with Gasteiger partial charge in [0.25, 0.3) is 0 Å². The summed E-state index contributed by atoms with van der Waals surface area (Å²) in [4.78, 5) is 36.9. The molecule has 8 heteroatoms. The third-order valence-corrected chi connectivity index (χ3v) is 10.5. The number of carboxylic acids is 1. The molecule has 0 aliphatic carbocycles. The Morgan fingerprint density at radius 3 is 1.41 bits per heavy atom. The van der Waals surface area contributed by atoms with Crippen LogP contribution < -0.4 is 5.11 Å². The fraction of sp³-hybridized carbons (Fsp3) is 0.745. The molecule has 0 spiro atoms. The van der Waals surface area contributed by atoms with Gasteiger partial charge in [-0.1, -0.05) is 203 Å². The number of carbonyl (C=O) groups excluding carboxylic acids is 3. The first kappa shape index (κ1) is 56.0. The van der Waals surface area contributed by atoms with Crippen LogP contribution in [0.2, 0.25) is 0 Å². The van der Waals surface area contributed by atoms with E-state index in [1.165, 1.54) is 109 Å². The SMILES string of the molecule is CC/C=C/C=C/C=C/C=C/C=C/CCCCCC(=O)OCC(COCCC(C(=O)[O-])[N+](C)(C)C)OC(=O)CCCCCCCCCCCCCCCCCCCCCC. The molecule has 8 nitrogen and oxygen atoms in total. The second-order valence-corrected chi connectivity index (χ2v) is 17.1. The standard InChI is InChI=1S/C51H89NO7/c1-6-8-10-12-14-16-18-20-22-23-24-25-26-28-30-32-34-36-38-40-42-50(54)59-47(45-57-44-43-48(51(55)56)52(3,4)5)46-58-49(53)41-39-37-35-33-31-29-27-21-19-17-15-13-11-9-7-2/h9,11,13,15,17,19,21,27,29,31,47-48H,6-8,10,12,14,16,18,20,22-26,28,30,32-46H2,1-5H3/b11-9+,15-13+,19-17+,27-21+,31-29+. The number of rotatable bonds is 42. The van der Waals surface area contributed by atoms with Crippen molar-refractivity contribution in [3.05, 3.63) is 60.8 Å². The first-order chi connectivity index (χ1) is 28.6. The molecule has 59 heavy (non-hydrogen) atoms. The van der Waals surface area contributed by atoms with Gasteiger partial charge in [0.2, 0.25) is 0 Å². The van der Waals surface area contributed by atoms with Gasteiger partial charge in [-0.15, -0.1) is 0 Å². The zero-order valence-electron chi connectivity index (χ0n) is 38.7. The lowest BCUT2D eigenvalue weighted by Gasteiger charge is -2.34. The van der Waals surface area contributed by atoms with Crippen LogP contribution in [0.15, 0.2) is 60.8 Å². The van der Waals surface area contributed by atoms with E-state index >= 15 is 0 Å². The van der Waals surface area contributed by atoms with E-state index in [2.05, 4.69) is 26.0 Å². The Morgan fingerprint density at radius 1 is 0.525 bits per heavy atom. The number of esters is 2. The summed E-state index contributed by atoms with van der Waals surface area (Å²) in [5.74, 6) is -1.79. The summed E-state index contributed by atoms with van der Waals surface area (Å²) < 4.78 is 17.2. The highest BCUT2D eigenvalue weighted by Crippen LogP contribution is 2.16. The molecule has 2 atom stereocenters. The first-order valence-corrected chi connectivity index (χ1v) is 23.9. The average Bonchev–Trinajstić information content (AvgIpc) is 3.19. The molecule has 0 aliphatic rings. The lowest BCUT2D eigenvalue weighted by molar-refractivity contribution is -0.889. The van der Waals surface area contributed by atoms with Crippen molar-refractivity contribution in [1.29, 1.82) is 0 Å². The van der Waals surface area contributed by atoms with E-state index < -0.39 is 18.1 Å². The molecule has 0 aliphatic heterocycles. The Morgan fingerprint density at radius 2 is 0.949 bits per heavy atom. The van der Waals surface area contributed by atoms with Crippen LogP contribution in [0.5, 0.6) is 0 Å². The maximum Gasteiger partial charge on any atom is 0.306 e. The number of hydrogen-bond donors (Lipinski definition) is 0. The fourth-order valence-corrected chi connectivity index (χ4v) is 6.86. The summed E-state index contributed by atoms with van der Waals surface area (Å²) in [6.07, 6.45) is 51.1. The van der Waals surface area contributed by atoms with Gasteiger partial charge in [0.1, 0.15) is 12.6 Å². The Hall–Kier alpha value is -2.97. The van der Waals surface area contributed by atoms with Crippen molar-refractivity contribution in [3.8, 4) is 0 Å². The number of carbonyl (C=O) groups is 3. The molecule has 0 aromatic heterocycles. The average molecular weight is 828 g/mol. The van der Waals surface area contributed by atoms with Crippen LogP contribution in [0.1, 0.15) is 194 Å². The van der Waals surface area contributed by atoms with Gasteiger partial charge in [-0.3, -0.25) is 9.59 Å². The molecule has 0 heterocycles. The summed E-state index contributed by atoms with van der Waals surface area (Å²) in [6.45, 7) is 4.49. The molecule has 0 N–H and O–H groups in total. The second-order valence-electron chi connectivity index (χ2n) is 17.1. The van der Waals surface area contributed by atoms with Gasteiger partial charge in [-0.2, -0.15) is 0 Å². The van der Waals surface area contributed by atoms with E-state index in [0.29, 0.717) is 12.8 Å². The zero-order chi connectivity index (χ0) is 43.5. The van der Waals surface area contributed by atoms with Crippen LogP contribution in [0.4, 0.5) is 0 Å². The van der Waals surface area contributed by atoms with Crippen molar-refractivity contribution in [2.75, 3.05) is 41.0 Å². The number of nitrogens with zero attached hydrogens (tertiary/aromatic N) is 1. The molecule has 0 fully saturated rings. The maximum absolute atomic E-state index is 12.8. The summed E-state index contributed by atoms with van der Waals surface area (Å²) in [6, 6.07) is -0.734. The highest BCUT2D eigenvalue weighted by molar-refractivity contribution is 5.70. The Labute approximate surface area is 362 Å². The number of allylic oxidation sites excluding steroid dienone is 10. The number of hydrogen-bond acceptors (Lipinski definition) is 7. The highest BCUT2D eigenvalue weighted by Gasteiger charge is 2.25. The summed E-state index contributed by atoms with van der Waals surface area (Å²) in [5.41, 5.74) is 0. The van der Waals surface area contributed by atoms with Crippen LogP contribution in [0.25, 0.3) is 0 Å². The minimum atomic E-state index is -1.13. The molecule has 2 unspecified atom stereocenters. The van der Waals surface area contributed by atoms with Gasteiger partial charge in [0.15, 0.2) is 6.10 Å². The van der Waals surface area contributed by atoms with Gasteiger partial charge >= 0.3 is 11.9 Å². The predicted octanol–water partition coefficient (Wildman–Crippen LogP) is 12.0. The molecule has 340 valence electrons. The molecule has 0 amide bonds. The summed E-state index contributed by atoms with van der Waals surface area (Å²) in [5, 5.41) is 11.6. The minimum Gasteiger partial charge on any atom is -0.544 e. The van der Waals surface area contributed by atoms with Crippen molar-refractivity contribution in [2.45, 2.75) is 206 Å². The van der Waals surface area contributed by atoms with E-state index in [4.69, 9.17) is 14.2 Å². The van der Waals surface area contributed by atoms with Crippen LogP contribution >= 0.6 is 0 Å². The number of aliphatic carboxylic acids is 1. The molecule has 0 aromatic rings. The van der Waals surface area contributed by atoms with Gasteiger partial charge < -0.3 is 28.6 Å². The second kappa shape index (κ2) is 41.8. The first-order valence-electron chi connectivity index (χ1n) is 23.9. The lowest BCUT2D eigenvalue weighted by Crippen LogP contribution is -2.55. The van der Waals surface area contributed by atoms with E-state index in [9.17, 15) is 19.5 Å². The Bertz CT molecular complexity index is 1150. The normalized spacial score (nSPS) is 13.4. The zero-order valence-corrected chi connectivity index (χ0v) is 38.7. The molecule has 0 aromatic carbocycles. The Kier molecular flexibility index (Phi) is 39.6. The predicted molar refractivity (Wildman–Crippen MR) is 245 cm³/mol. The lowest BCUT2D eigenvalue weighted by atomic mass is 10.0.